The van der Waals surface area contributed by atoms with Gasteiger partial charge in [-0.3, -0.25) is 10.1 Å². The average molecular weight is 316 g/mol. The van der Waals surface area contributed by atoms with Crippen molar-refractivity contribution in [3.8, 4) is 28.3 Å². The van der Waals surface area contributed by atoms with Gasteiger partial charge in [0.1, 0.15) is 17.3 Å². The number of hydrogen-bond acceptors (Lipinski definition) is 5. The fourth-order valence-corrected chi connectivity index (χ4v) is 2.52. The van der Waals surface area contributed by atoms with Crippen LogP contribution in [0.3, 0.4) is 0 Å². The lowest BCUT2D eigenvalue weighted by atomic mass is 10.0. The number of aromatic amines is 1. The maximum absolute atomic E-state index is 9.57. The van der Waals surface area contributed by atoms with E-state index in [1.807, 2.05) is 13.8 Å². The van der Waals surface area contributed by atoms with Gasteiger partial charge in [0.05, 0.1) is 22.6 Å². The van der Waals surface area contributed by atoms with E-state index in [0.29, 0.717) is 17.2 Å². The van der Waals surface area contributed by atoms with Crippen LogP contribution in [0.15, 0.2) is 24.4 Å². The van der Waals surface area contributed by atoms with E-state index in [9.17, 15) is 5.11 Å². The zero-order valence-electron chi connectivity index (χ0n) is 12.1. The SMILES string of the molecule is Cc1n[nH]c(C)c1-c1nc(N)cnc1-c1ccc(O)c(Cl)c1. The van der Waals surface area contributed by atoms with Crippen LogP contribution >= 0.6 is 11.6 Å². The number of anilines is 1. The Morgan fingerprint density at radius 3 is 2.64 bits per heavy atom. The molecule has 0 saturated carbocycles. The lowest BCUT2D eigenvalue weighted by molar-refractivity contribution is 0.475. The molecule has 0 unspecified atom stereocenters. The van der Waals surface area contributed by atoms with Gasteiger partial charge in [0.15, 0.2) is 0 Å². The van der Waals surface area contributed by atoms with E-state index in [1.165, 1.54) is 12.3 Å². The van der Waals surface area contributed by atoms with Gasteiger partial charge in [0.25, 0.3) is 0 Å². The van der Waals surface area contributed by atoms with Gasteiger partial charge in [-0.2, -0.15) is 5.10 Å². The molecule has 0 atom stereocenters. The van der Waals surface area contributed by atoms with Crippen LogP contribution in [0.2, 0.25) is 5.02 Å². The summed E-state index contributed by atoms with van der Waals surface area (Å²) in [6.07, 6.45) is 1.49. The Bertz CT molecular complexity index is 840. The number of nitrogens with two attached hydrogens (primary N) is 1. The minimum Gasteiger partial charge on any atom is -0.506 e. The van der Waals surface area contributed by atoms with E-state index in [1.54, 1.807) is 12.1 Å². The molecule has 6 nitrogen and oxygen atoms in total. The van der Waals surface area contributed by atoms with Gasteiger partial charge in [0, 0.05) is 16.8 Å². The van der Waals surface area contributed by atoms with Gasteiger partial charge in [-0.15, -0.1) is 0 Å². The molecule has 0 amide bonds. The Balaban J connectivity index is 2.27. The van der Waals surface area contributed by atoms with Gasteiger partial charge in [-0.1, -0.05) is 11.6 Å². The molecule has 3 rings (SSSR count). The third-order valence-electron chi connectivity index (χ3n) is 3.38. The average Bonchev–Trinajstić information content (AvgIpc) is 2.81. The standard InChI is InChI=1S/C15H14ClN5O/c1-7-13(8(2)21-20-7)15-14(18-6-12(17)19-15)9-3-4-11(22)10(16)5-9/h3-6,22H,1-2H3,(H2,17,19)(H,20,21). The summed E-state index contributed by atoms with van der Waals surface area (Å²) in [5.41, 5.74) is 10.3. The molecule has 3 aromatic rings. The summed E-state index contributed by atoms with van der Waals surface area (Å²) < 4.78 is 0. The van der Waals surface area contributed by atoms with Crippen LogP contribution in [-0.4, -0.2) is 25.3 Å². The minimum absolute atomic E-state index is 0.0195. The molecular weight excluding hydrogens is 302 g/mol. The maximum atomic E-state index is 9.57. The summed E-state index contributed by atoms with van der Waals surface area (Å²) in [4.78, 5) is 8.80. The van der Waals surface area contributed by atoms with Crippen molar-refractivity contribution in [1.82, 2.24) is 20.2 Å². The number of nitrogens with zero attached hydrogens (tertiary/aromatic N) is 3. The van der Waals surface area contributed by atoms with Gasteiger partial charge in [-0.25, -0.2) is 4.98 Å². The lowest BCUT2D eigenvalue weighted by Gasteiger charge is -2.10. The van der Waals surface area contributed by atoms with E-state index >= 15 is 0 Å². The molecule has 0 saturated heterocycles. The highest BCUT2D eigenvalue weighted by atomic mass is 35.5. The third-order valence-corrected chi connectivity index (χ3v) is 3.68. The minimum atomic E-state index is 0.0195. The van der Waals surface area contributed by atoms with Crippen LogP contribution in [-0.2, 0) is 0 Å². The number of nitrogens with one attached hydrogen (secondary N) is 1. The number of aryl methyl sites for hydroxylation is 2. The highest BCUT2D eigenvalue weighted by Gasteiger charge is 2.18. The molecule has 0 aliphatic rings. The van der Waals surface area contributed by atoms with Crippen molar-refractivity contribution < 1.29 is 5.11 Å². The van der Waals surface area contributed by atoms with Crippen LogP contribution in [0, 0.1) is 13.8 Å². The van der Waals surface area contributed by atoms with Crippen molar-refractivity contribution in [2.24, 2.45) is 0 Å². The zero-order chi connectivity index (χ0) is 15.9. The number of aromatic nitrogens is 4. The summed E-state index contributed by atoms with van der Waals surface area (Å²) in [6, 6.07) is 4.90. The number of H-pyrrole nitrogens is 1. The molecule has 0 bridgehead atoms. The Kier molecular flexibility index (Phi) is 3.46. The number of halogens is 1. The molecule has 22 heavy (non-hydrogen) atoms. The maximum Gasteiger partial charge on any atom is 0.142 e. The quantitative estimate of drug-likeness (QED) is 0.674. The Morgan fingerprint density at radius 2 is 2.00 bits per heavy atom. The molecule has 2 aromatic heterocycles. The van der Waals surface area contributed by atoms with E-state index in [4.69, 9.17) is 17.3 Å². The number of phenols is 1. The molecule has 0 fully saturated rings. The monoisotopic (exact) mass is 315 g/mol. The molecule has 7 heteroatoms. The molecule has 0 aliphatic heterocycles. The second-order valence-corrected chi connectivity index (χ2v) is 5.37. The number of hydrogen-bond donors (Lipinski definition) is 3. The van der Waals surface area contributed by atoms with Gasteiger partial charge < -0.3 is 10.8 Å². The van der Waals surface area contributed by atoms with E-state index in [2.05, 4.69) is 20.2 Å². The van der Waals surface area contributed by atoms with Crippen molar-refractivity contribution in [3.63, 3.8) is 0 Å². The van der Waals surface area contributed by atoms with Crippen molar-refractivity contribution in [2.45, 2.75) is 13.8 Å². The smallest absolute Gasteiger partial charge is 0.142 e. The molecular formula is C15H14ClN5O. The first-order valence-corrected chi connectivity index (χ1v) is 6.98. The predicted octanol–water partition coefficient (Wildman–Crippen LogP) is 3.09. The van der Waals surface area contributed by atoms with Crippen molar-refractivity contribution >= 4 is 17.4 Å². The number of rotatable bonds is 2. The Labute approximate surface area is 132 Å². The number of nitrogen functional groups attached to an aromatic ring is 1. The predicted molar refractivity (Wildman–Crippen MR) is 85.6 cm³/mol. The fraction of sp³-hybridized carbons (Fsp3) is 0.133. The third kappa shape index (κ3) is 2.37. The summed E-state index contributed by atoms with van der Waals surface area (Å²) in [6.45, 7) is 3.80. The van der Waals surface area contributed by atoms with Gasteiger partial charge >= 0.3 is 0 Å². The van der Waals surface area contributed by atoms with E-state index in [-0.39, 0.29) is 10.8 Å². The van der Waals surface area contributed by atoms with Gasteiger partial charge in [-0.05, 0) is 32.0 Å². The van der Waals surface area contributed by atoms with Crippen LogP contribution in [0.4, 0.5) is 5.82 Å². The topological polar surface area (TPSA) is 101 Å². The second-order valence-electron chi connectivity index (χ2n) is 4.97. The van der Waals surface area contributed by atoms with Crippen LogP contribution < -0.4 is 5.73 Å². The summed E-state index contributed by atoms with van der Waals surface area (Å²) >= 11 is 5.99. The van der Waals surface area contributed by atoms with Crippen molar-refractivity contribution in [2.75, 3.05) is 5.73 Å². The first-order valence-electron chi connectivity index (χ1n) is 6.60. The normalized spacial score (nSPS) is 10.9. The van der Waals surface area contributed by atoms with E-state index < -0.39 is 0 Å². The van der Waals surface area contributed by atoms with Crippen LogP contribution in [0.5, 0.6) is 5.75 Å². The van der Waals surface area contributed by atoms with Crippen molar-refractivity contribution in [1.29, 1.82) is 0 Å². The number of benzene rings is 1. The fourth-order valence-electron chi connectivity index (χ4n) is 2.34. The second kappa shape index (κ2) is 5.31. The Hall–Kier alpha value is -2.60. The molecule has 0 radical (unpaired) electrons. The molecule has 4 N–H and O–H groups in total. The lowest BCUT2D eigenvalue weighted by Crippen LogP contribution is -1.99. The Morgan fingerprint density at radius 1 is 1.23 bits per heavy atom. The summed E-state index contributed by atoms with van der Waals surface area (Å²) in [5, 5.41) is 16.9. The zero-order valence-corrected chi connectivity index (χ0v) is 12.8. The molecule has 2 heterocycles. The van der Waals surface area contributed by atoms with Gasteiger partial charge in [0.2, 0.25) is 0 Å². The molecule has 0 aliphatic carbocycles. The van der Waals surface area contributed by atoms with Crippen molar-refractivity contribution in [3.05, 3.63) is 40.8 Å². The first-order chi connectivity index (χ1) is 10.5. The molecule has 0 spiro atoms. The van der Waals surface area contributed by atoms with Crippen LogP contribution in [0.25, 0.3) is 22.5 Å². The number of aromatic hydroxyl groups is 1. The molecule has 1 aromatic carbocycles. The summed E-state index contributed by atoms with van der Waals surface area (Å²) in [7, 11) is 0. The highest BCUT2D eigenvalue weighted by molar-refractivity contribution is 6.32. The number of phenolic OH excluding ortho intramolecular Hbond substituents is 1. The first kappa shape index (κ1) is 14.3. The highest BCUT2D eigenvalue weighted by Crippen LogP contribution is 2.35. The molecule has 112 valence electrons. The van der Waals surface area contributed by atoms with E-state index in [0.717, 1.165) is 22.5 Å². The summed E-state index contributed by atoms with van der Waals surface area (Å²) in [5.74, 6) is 0.342. The largest absolute Gasteiger partial charge is 0.506 e. The van der Waals surface area contributed by atoms with Crippen LogP contribution in [0.1, 0.15) is 11.4 Å².